The third kappa shape index (κ3) is 2.77. The molecule has 0 fully saturated rings. The van der Waals surface area contributed by atoms with Gasteiger partial charge in [-0.2, -0.15) is 0 Å². The average Bonchev–Trinajstić information content (AvgIpc) is 2.38. The van der Waals surface area contributed by atoms with Crippen LogP contribution in [0.4, 0.5) is 0 Å². The van der Waals surface area contributed by atoms with E-state index in [2.05, 4.69) is 6.07 Å². The van der Waals surface area contributed by atoms with Gasteiger partial charge in [-0.15, -0.1) is 11.6 Å². The van der Waals surface area contributed by atoms with Crippen LogP contribution in [0.25, 0.3) is 10.8 Å². The summed E-state index contributed by atoms with van der Waals surface area (Å²) >= 11 is 5.40. The van der Waals surface area contributed by atoms with E-state index in [9.17, 15) is 4.79 Å². The van der Waals surface area contributed by atoms with E-state index in [4.69, 9.17) is 16.3 Å². The summed E-state index contributed by atoms with van der Waals surface area (Å²) in [5, 5.41) is 2.31. The van der Waals surface area contributed by atoms with Gasteiger partial charge in [0.15, 0.2) is 0 Å². The number of carbonyl (C=O) groups excluding carboxylic acids is 1. The number of hydrogen-bond acceptors (Lipinski definition) is 2. The van der Waals surface area contributed by atoms with Crippen molar-refractivity contribution in [3.63, 3.8) is 0 Å². The molecule has 2 nitrogen and oxygen atoms in total. The Morgan fingerprint density at radius 2 is 1.94 bits per heavy atom. The Bertz CT molecular complexity index is 536. The minimum Gasteiger partial charge on any atom is -0.457 e. The fraction of sp³-hybridized carbons (Fsp3) is 0.214. The number of benzene rings is 2. The summed E-state index contributed by atoms with van der Waals surface area (Å²) in [5.74, 6) is -0.509. The second-order valence-corrected chi connectivity index (χ2v) is 4.14. The number of rotatable bonds is 3. The molecule has 0 amide bonds. The van der Waals surface area contributed by atoms with E-state index in [0.29, 0.717) is 0 Å². The first-order valence-corrected chi connectivity index (χ1v) is 5.98. The van der Waals surface area contributed by atoms with Crippen LogP contribution in [0.1, 0.15) is 18.6 Å². The molecule has 0 aliphatic carbocycles. The predicted molar refractivity (Wildman–Crippen MR) is 69.2 cm³/mol. The lowest BCUT2D eigenvalue weighted by atomic mass is 10.0. The quantitative estimate of drug-likeness (QED) is 0.612. The lowest BCUT2D eigenvalue weighted by Gasteiger charge is -2.13. The first-order chi connectivity index (χ1) is 8.20. The number of carbonyl (C=O) groups is 1. The molecule has 0 aliphatic rings. The van der Waals surface area contributed by atoms with E-state index in [-0.39, 0.29) is 12.0 Å². The molecular formula is C14H13ClO2. The van der Waals surface area contributed by atoms with Gasteiger partial charge in [-0.1, -0.05) is 36.4 Å². The van der Waals surface area contributed by atoms with Gasteiger partial charge in [0.1, 0.15) is 12.0 Å². The third-order valence-corrected chi connectivity index (χ3v) is 2.88. The Morgan fingerprint density at radius 3 is 2.65 bits per heavy atom. The first kappa shape index (κ1) is 11.9. The molecule has 0 bridgehead atoms. The third-order valence-electron chi connectivity index (χ3n) is 2.66. The van der Waals surface area contributed by atoms with Crippen molar-refractivity contribution < 1.29 is 9.53 Å². The van der Waals surface area contributed by atoms with E-state index in [1.54, 1.807) is 0 Å². The molecule has 0 spiro atoms. The number of halogens is 1. The summed E-state index contributed by atoms with van der Waals surface area (Å²) in [7, 11) is 0. The van der Waals surface area contributed by atoms with E-state index in [1.165, 1.54) is 5.39 Å². The Morgan fingerprint density at radius 1 is 1.24 bits per heavy atom. The smallest absolute Gasteiger partial charge is 0.321 e. The second-order valence-electron chi connectivity index (χ2n) is 3.87. The van der Waals surface area contributed by atoms with Crippen LogP contribution in [-0.2, 0) is 9.53 Å². The first-order valence-electron chi connectivity index (χ1n) is 5.45. The highest BCUT2D eigenvalue weighted by Gasteiger charge is 2.10. The molecule has 17 heavy (non-hydrogen) atoms. The van der Waals surface area contributed by atoms with Crippen LogP contribution in [0.5, 0.6) is 0 Å². The minimum atomic E-state index is -0.396. The largest absolute Gasteiger partial charge is 0.457 e. The van der Waals surface area contributed by atoms with Crippen LogP contribution in [0.2, 0.25) is 0 Å². The molecule has 0 aromatic heterocycles. The zero-order valence-electron chi connectivity index (χ0n) is 9.52. The van der Waals surface area contributed by atoms with Crippen molar-refractivity contribution in [1.29, 1.82) is 0 Å². The average molecular weight is 249 g/mol. The highest BCUT2D eigenvalue weighted by molar-refractivity contribution is 6.26. The van der Waals surface area contributed by atoms with Crippen molar-refractivity contribution in [3.05, 3.63) is 48.0 Å². The van der Waals surface area contributed by atoms with Gasteiger partial charge in [-0.3, -0.25) is 4.79 Å². The van der Waals surface area contributed by atoms with E-state index in [0.717, 1.165) is 10.9 Å². The van der Waals surface area contributed by atoms with Crippen molar-refractivity contribution in [3.8, 4) is 0 Å². The number of ether oxygens (including phenoxy) is 1. The van der Waals surface area contributed by atoms with Crippen LogP contribution in [-0.4, -0.2) is 11.8 Å². The van der Waals surface area contributed by atoms with E-state index >= 15 is 0 Å². The Labute approximate surface area is 105 Å². The second kappa shape index (κ2) is 5.19. The molecular weight excluding hydrogens is 236 g/mol. The summed E-state index contributed by atoms with van der Waals surface area (Å²) in [5.41, 5.74) is 0.974. The van der Waals surface area contributed by atoms with Crippen LogP contribution in [0.3, 0.4) is 0 Å². The lowest BCUT2D eigenvalue weighted by Crippen LogP contribution is -2.09. The molecule has 0 saturated heterocycles. The molecule has 0 radical (unpaired) electrons. The van der Waals surface area contributed by atoms with Crippen LogP contribution < -0.4 is 0 Å². The molecule has 0 aliphatic heterocycles. The Balaban J connectivity index is 2.26. The predicted octanol–water partition coefficient (Wildman–Crippen LogP) is 3.68. The number of alkyl halides is 1. The Kier molecular flexibility index (Phi) is 3.64. The topological polar surface area (TPSA) is 26.3 Å². The van der Waals surface area contributed by atoms with Crippen LogP contribution >= 0.6 is 11.6 Å². The maximum absolute atomic E-state index is 11.1. The summed E-state index contributed by atoms with van der Waals surface area (Å²) in [6, 6.07) is 14.1. The highest BCUT2D eigenvalue weighted by Crippen LogP contribution is 2.22. The maximum atomic E-state index is 11.1. The molecule has 0 saturated carbocycles. The number of esters is 1. The monoisotopic (exact) mass is 248 g/mol. The van der Waals surface area contributed by atoms with Gasteiger partial charge in [-0.05, 0) is 29.3 Å². The molecule has 2 rings (SSSR count). The van der Waals surface area contributed by atoms with Crippen molar-refractivity contribution in [1.82, 2.24) is 0 Å². The van der Waals surface area contributed by atoms with Gasteiger partial charge in [-0.25, -0.2) is 0 Å². The zero-order valence-corrected chi connectivity index (χ0v) is 10.3. The summed E-state index contributed by atoms with van der Waals surface area (Å²) in [4.78, 5) is 11.1. The molecule has 88 valence electrons. The summed E-state index contributed by atoms with van der Waals surface area (Å²) in [6.07, 6.45) is -0.272. The van der Waals surface area contributed by atoms with Crippen LogP contribution in [0.15, 0.2) is 42.5 Å². The maximum Gasteiger partial charge on any atom is 0.321 e. The zero-order chi connectivity index (χ0) is 12.3. The summed E-state index contributed by atoms with van der Waals surface area (Å²) in [6.45, 7) is 1.84. The SMILES string of the molecule is C[C@H](OC(=O)CCl)c1ccc2ccccc2c1. The molecule has 2 aromatic rings. The minimum absolute atomic E-state index is 0.113. The standard InChI is InChI=1S/C14H13ClO2/c1-10(17-14(16)9-15)12-7-6-11-4-2-3-5-13(11)8-12/h2-8,10H,9H2,1H3/t10-/m0/s1. The highest BCUT2D eigenvalue weighted by atomic mass is 35.5. The molecule has 2 aromatic carbocycles. The number of hydrogen-bond donors (Lipinski definition) is 0. The Hall–Kier alpha value is -1.54. The van der Waals surface area contributed by atoms with Gasteiger partial charge >= 0.3 is 5.97 Å². The van der Waals surface area contributed by atoms with Crippen molar-refractivity contribution in [2.24, 2.45) is 0 Å². The number of fused-ring (bicyclic) bond motifs is 1. The van der Waals surface area contributed by atoms with Gasteiger partial charge in [0.25, 0.3) is 0 Å². The fourth-order valence-electron chi connectivity index (χ4n) is 1.76. The van der Waals surface area contributed by atoms with Crippen molar-refractivity contribution in [2.45, 2.75) is 13.0 Å². The van der Waals surface area contributed by atoms with E-state index in [1.807, 2.05) is 43.3 Å². The summed E-state index contributed by atoms with van der Waals surface area (Å²) < 4.78 is 5.16. The molecule has 0 heterocycles. The molecule has 3 heteroatoms. The van der Waals surface area contributed by atoms with Crippen molar-refractivity contribution in [2.75, 3.05) is 5.88 Å². The normalized spacial score (nSPS) is 12.4. The molecule has 0 N–H and O–H groups in total. The van der Waals surface area contributed by atoms with Crippen molar-refractivity contribution >= 4 is 28.3 Å². The fourth-order valence-corrected chi connectivity index (χ4v) is 1.82. The molecule has 0 unspecified atom stereocenters. The molecule has 1 atom stereocenters. The van der Waals surface area contributed by atoms with Gasteiger partial charge in [0.2, 0.25) is 0 Å². The van der Waals surface area contributed by atoms with Crippen LogP contribution in [0, 0.1) is 0 Å². The van der Waals surface area contributed by atoms with Gasteiger partial charge in [0, 0.05) is 0 Å². The van der Waals surface area contributed by atoms with Gasteiger partial charge < -0.3 is 4.74 Å². The lowest BCUT2D eigenvalue weighted by molar-refractivity contribution is -0.145. The van der Waals surface area contributed by atoms with Gasteiger partial charge in [0.05, 0.1) is 0 Å². The van der Waals surface area contributed by atoms with E-state index < -0.39 is 5.97 Å².